The second kappa shape index (κ2) is 11.9. The highest BCUT2D eigenvalue weighted by Gasteiger charge is 2.43. The van der Waals surface area contributed by atoms with E-state index in [4.69, 9.17) is 19.4 Å². The molecule has 0 bridgehead atoms. The number of ether oxygens (including phenoxy) is 2. The number of aromatic nitrogens is 2. The Bertz CT molecular complexity index is 1570. The average molecular weight is 600 g/mol. The Labute approximate surface area is 258 Å². The Morgan fingerprint density at radius 2 is 1.86 bits per heavy atom. The summed E-state index contributed by atoms with van der Waals surface area (Å²) >= 11 is 0. The normalized spacial score (nSPS) is 23.5. The summed E-state index contributed by atoms with van der Waals surface area (Å²) in [4.78, 5) is 44.5. The first-order valence-corrected chi connectivity index (χ1v) is 15.7. The number of hydrogen-bond acceptors (Lipinski definition) is 10. The molecule has 2 aromatic carbocycles. The molecule has 11 nitrogen and oxygen atoms in total. The van der Waals surface area contributed by atoms with Gasteiger partial charge in [0, 0.05) is 48.9 Å². The fraction of sp³-hybridized carbons (Fsp3) is 0.515. The number of likely N-dealkylation sites (tertiary alicyclic amines) is 1. The summed E-state index contributed by atoms with van der Waals surface area (Å²) < 4.78 is 11.5. The van der Waals surface area contributed by atoms with Gasteiger partial charge in [0.25, 0.3) is 0 Å². The topological polar surface area (TPSA) is 113 Å². The third-order valence-corrected chi connectivity index (χ3v) is 9.67. The molecule has 7 rings (SSSR count). The monoisotopic (exact) mass is 599 g/mol. The molecule has 0 saturated carbocycles. The molecule has 3 saturated heterocycles. The number of nitrogens with one attached hydrogen (secondary N) is 1. The smallest absolute Gasteiger partial charge is 0.330 e. The number of esters is 1. The molecule has 232 valence electrons. The summed E-state index contributed by atoms with van der Waals surface area (Å²) in [6.45, 7) is 7.15. The number of amides is 1. The highest BCUT2D eigenvalue weighted by Crippen LogP contribution is 2.36. The number of hydrogen-bond donors (Lipinski definition) is 1. The van der Waals surface area contributed by atoms with Gasteiger partial charge in [-0.25, -0.2) is 4.79 Å². The summed E-state index contributed by atoms with van der Waals surface area (Å²) in [7, 11) is 3.51. The van der Waals surface area contributed by atoms with Crippen LogP contribution in [0.2, 0.25) is 0 Å². The van der Waals surface area contributed by atoms with Crippen LogP contribution in [-0.2, 0) is 27.3 Å². The molecule has 0 unspecified atom stereocenters. The largest absolute Gasteiger partial charge is 0.467 e. The van der Waals surface area contributed by atoms with Crippen LogP contribution in [0.3, 0.4) is 0 Å². The van der Waals surface area contributed by atoms with E-state index in [0.29, 0.717) is 51.4 Å². The molecule has 4 aliphatic rings. The van der Waals surface area contributed by atoms with Gasteiger partial charge >= 0.3 is 12.0 Å². The average Bonchev–Trinajstić information content (AvgIpc) is 3.82. The molecule has 44 heavy (non-hydrogen) atoms. The van der Waals surface area contributed by atoms with Crippen LogP contribution in [0, 0.1) is 6.92 Å². The van der Waals surface area contributed by atoms with Gasteiger partial charge in [-0.05, 0) is 56.8 Å². The number of carbonyl (C=O) groups is 2. The number of carbonyl (C=O) groups excluding carboxylic acids is 2. The van der Waals surface area contributed by atoms with Gasteiger partial charge in [-0.2, -0.15) is 9.97 Å². The summed E-state index contributed by atoms with van der Waals surface area (Å²) in [5.41, 5.74) is 4.47. The summed E-state index contributed by atoms with van der Waals surface area (Å²) in [5, 5.41) is 5.56. The number of rotatable bonds is 7. The summed E-state index contributed by atoms with van der Waals surface area (Å²) in [5.74, 6) is 0.337. The Kier molecular flexibility index (Phi) is 7.75. The van der Waals surface area contributed by atoms with E-state index in [1.54, 1.807) is 4.90 Å². The number of methoxy groups -OCH3 is 1. The number of anilines is 2. The lowest BCUT2D eigenvalue weighted by atomic mass is 9.99. The Hall–Kier alpha value is -3.96. The Morgan fingerprint density at radius 1 is 1.05 bits per heavy atom. The molecule has 4 aliphatic heterocycles. The fourth-order valence-corrected chi connectivity index (χ4v) is 7.06. The van der Waals surface area contributed by atoms with Gasteiger partial charge in [-0.3, -0.25) is 4.79 Å². The van der Waals surface area contributed by atoms with E-state index in [1.165, 1.54) is 29.1 Å². The molecular weight excluding hydrogens is 558 g/mol. The van der Waals surface area contributed by atoms with Gasteiger partial charge in [-0.15, -0.1) is 0 Å². The van der Waals surface area contributed by atoms with Crippen molar-refractivity contribution in [2.45, 2.75) is 50.9 Å². The molecular formula is C33H41N7O4. The van der Waals surface area contributed by atoms with Crippen LogP contribution in [0.5, 0.6) is 6.01 Å². The van der Waals surface area contributed by atoms with Crippen molar-refractivity contribution in [2.24, 2.45) is 0 Å². The Balaban J connectivity index is 1.22. The molecule has 3 aromatic rings. The minimum absolute atomic E-state index is 0.0458. The quantitative estimate of drug-likeness (QED) is 0.320. The highest BCUT2D eigenvalue weighted by atomic mass is 16.5. The van der Waals surface area contributed by atoms with Gasteiger partial charge in [0.1, 0.15) is 18.5 Å². The summed E-state index contributed by atoms with van der Waals surface area (Å²) in [6, 6.07) is 12.7. The first-order valence-electron chi connectivity index (χ1n) is 15.7. The van der Waals surface area contributed by atoms with Crippen LogP contribution in [-0.4, -0.2) is 110 Å². The van der Waals surface area contributed by atoms with Crippen molar-refractivity contribution in [3.63, 3.8) is 0 Å². The highest BCUT2D eigenvalue weighted by molar-refractivity contribution is 5.97. The van der Waals surface area contributed by atoms with Crippen molar-refractivity contribution < 1.29 is 19.1 Å². The molecule has 0 spiro atoms. The third-order valence-electron chi connectivity index (χ3n) is 9.67. The van der Waals surface area contributed by atoms with E-state index in [9.17, 15) is 9.59 Å². The number of aryl methyl sites for hydroxylation is 1. The van der Waals surface area contributed by atoms with E-state index in [1.807, 2.05) is 0 Å². The van der Waals surface area contributed by atoms with Crippen LogP contribution in [0.15, 0.2) is 36.4 Å². The maximum Gasteiger partial charge on any atom is 0.330 e. The molecule has 1 amide bonds. The minimum Gasteiger partial charge on any atom is -0.467 e. The van der Waals surface area contributed by atoms with Crippen molar-refractivity contribution in [3.05, 3.63) is 53.2 Å². The lowest BCUT2D eigenvalue weighted by Gasteiger charge is -2.41. The zero-order chi connectivity index (χ0) is 30.4. The van der Waals surface area contributed by atoms with Gasteiger partial charge in [0.05, 0.1) is 31.9 Å². The first-order chi connectivity index (χ1) is 21.4. The van der Waals surface area contributed by atoms with Crippen LogP contribution in [0.4, 0.5) is 11.5 Å². The van der Waals surface area contributed by atoms with Crippen LogP contribution >= 0.6 is 0 Å². The second-order valence-electron chi connectivity index (χ2n) is 12.4. The van der Waals surface area contributed by atoms with Crippen molar-refractivity contribution in [3.8, 4) is 6.01 Å². The first kappa shape index (κ1) is 28.8. The van der Waals surface area contributed by atoms with Crippen molar-refractivity contribution in [1.29, 1.82) is 0 Å². The number of benzene rings is 2. The number of nitrogens with zero attached hydrogens (tertiary/aromatic N) is 6. The maximum absolute atomic E-state index is 13.0. The number of likely N-dealkylation sites (N-methyl/N-ethyl adjacent to an activating group) is 1. The van der Waals surface area contributed by atoms with Crippen LogP contribution < -0.4 is 19.9 Å². The minimum atomic E-state index is -0.704. The molecule has 0 aliphatic carbocycles. The maximum atomic E-state index is 13.0. The predicted molar refractivity (Wildman–Crippen MR) is 168 cm³/mol. The SMILES string of the molecule is COC(=O)[C@H]1CN(c2nc(OC[C@@H]3CCCN3C)nc3c2CCN(c2cccc4cccc(C)c24)C3)CCN1C(=O)[C@@H]1CN1. The molecule has 11 heteroatoms. The molecule has 3 atom stereocenters. The van der Waals surface area contributed by atoms with E-state index in [2.05, 4.69) is 70.4 Å². The van der Waals surface area contributed by atoms with E-state index < -0.39 is 12.0 Å². The lowest BCUT2D eigenvalue weighted by Crippen LogP contribution is -2.60. The van der Waals surface area contributed by atoms with E-state index in [-0.39, 0.29) is 11.9 Å². The van der Waals surface area contributed by atoms with Gasteiger partial charge < -0.3 is 34.4 Å². The Morgan fingerprint density at radius 3 is 2.61 bits per heavy atom. The second-order valence-corrected chi connectivity index (χ2v) is 12.4. The van der Waals surface area contributed by atoms with Crippen LogP contribution in [0.25, 0.3) is 10.8 Å². The zero-order valence-electron chi connectivity index (χ0n) is 25.8. The van der Waals surface area contributed by atoms with Gasteiger partial charge in [0.2, 0.25) is 5.91 Å². The molecule has 3 fully saturated rings. The molecule has 5 heterocycles. The molecule has 1 N–H and O–H groups in total. The fourth-order valence-electron chi connectivity index (χ4n) is 7.06. The van der Waals surface area contributed by atoms with Gasteiger partial charge in [0.15, 0.2) is 0 Å². The van der Waals surface area contributed by atoms with Crippen molar-refractivity contribution in [2.75, 3.05) is 69.8 Å². The molecule has 0 radical (unpaired) electrons. The van der Waals surface area contributed by atoms with E-state index in [0.717, 1.165) is 49.4 Å². The number of fused-ring (bicyclic) bond motifs is 2. The number of piperazine rings is 1. The zero-order valence-corrected chi connectivity index (χ0v) is 25.8. The standard InChI is InChI=1S/C33H41N7O4/c1-21-7-4-8-22-9-5-11-27(29(21)22)38-14-12-24-26(18-38)35-33(44-20-23-10-6-13-37(23)2)36-30(24)39-15-16-40(31(41)25-17-34-25)28(19-39)32(42)43-3/h4-5,7-9,11,23,25,28,34H,6,10,12-20H2,1-3H3/t23-,25-,28+/m0/s1. The predicted octanol–water partition coefficient (Wildman–Crippen LogP) is 2.14. The lowest BCUT2D eigenvalue weighted by molar-refractivity contribution is -0.153. The van der Waals surface area contributed by atoms with E-state index >= 15 is 0 Å². The molecule has 1 aromatic heterocycles. The van der Waals surface area contributed by atoms with Crippen molar-refractivity contribution in [1.82, 2.24) is 25.1 Å². The van der Waals surface area contributed by atoms with Gasteiger partial charge in [-0.1, -0.05) is 30.3 Å². The van der Waals surface area contributed by atoms with Crippen LogP contribution in [0.1, 0.15) is 29.7 Å². The third kappa shape index (κ3) is 5.43. The van der Waals surface area contributed by atoms with Crippen molar-refractivity contribution >= 4 is 34.2 Å². The summed E-state index contributed by atoms with van der Waals surface area (Å²) in [6.07, 6.45) is 3.01.